The Balaban J connectivity index is 2.44. The zero-order chi connectivity index (χ0) is 11.5. The fourth-order valence-corrected chi connectivity index (χ4v) is 1.87. The summed E-state index contributed by atoms with van der Waals surface area (Å²) < 4.78 is 2.14. The molecule has 2 aromatic rings. The molecule has 0 bridgehead atoms. The third-order valence-corrected chi connectivity index (χ3v) is 2.87. The number of aryl methyl sites for hydroxylation is 1. The van der Waals surface area contributed by atoms with E-state index < -0.39 is 0 Å². The molecule has 0 aliphatic carbocycles. The number of imidazole rings is 1. The molecule has 16 heavy (non-hydrogen) atoms. The summed E-state index contributed by atoms with van der Waals surface area (Å²) in [5, 5.41) is 0. The second-order valence-corrected chi connectivity index (χ2v) is 3.99. The van der Waals surface area contributed by atoms with E-state index in [1.165, 1.54) is 0 Å². The Hall–Kier alpha value is -1.42. The number of nitrogens with zero attached hydrogens (tertiary/aromatic N) is 3. The van der Waals surface area contributed by atoms with E-state index in [4.69, 9.17) is 5.73 Å². The maximum absolute atomic E-state index is 5.98. The third-order valence-electron chi connectivity index (χ3n) is 2.87. The van der Waals surface area contributed by atoms with Gasteiger partial charge in [-0.05, 0) is 25.5 Å². The quantitative estimate of drug-likeness (QED) is 0.850. The van der Waals surface area contributed by atoms with Gasteiger partial charge in [0.25, 0.3) is 0 Å². The lowest BCUT2D eigenvalue weighted by molar-refractivity contribution is 0.596. The van der Waals surface area contributed by atoms with Gasteiger partial charge in [-0.3, -0.25) is 0 Å². The average molecular weight is 218 g/mol. The molecule has 1 atom stereocenters. The molecule has 0 radical (unpaired) electrons. The molecule has 0 fully saturated rings. The molecule has 2 heterocycles. The first-order chi connectivity index (χ1) is 7.76. The van der Waals surface area contributed by atoms with E-state index in [-0.39, 0.29) is 6.04 Å². The fraction of sp³-hybridized carbons (Fsp3) is 0.500. The van der Waals surface area contributed by atoms with Crippen molar-refractivity contribution >= 4 is 11.2 Å². The van der Waals surface area contributed by atoms with Gasteiger partial charge in [0.05, 0.1) is 0 Å². The standard InChI is InChI=1S/C12H18N4/c1-3-9(13)8-11-15-10-6-5-7-14-12(10)16(11)4-2/h5-7,9H,3-4,8,13H2,1-2H3. The van der Waals surface area contributed by atoms with Crippen LogP contribution < -0.4 is 5.73 Å². The topological polar surface area (TPSA) is 56.7 Å². The van der Waals surface area contributed by atoms with Gasteiger partial charge in [-0.15, -0.1) is 0 Å². The molecule has 86 valence electrons. The van der Waals surface area contributed by atoms with Crippen LogP contribution in [0.25, 0.3) is 11.2 Å². The molecule has 4 heteroatoms. The summed E-state index contributed by atoms with van der Waals surface area (Å²) in [5.41, 5.74) is 7.90. The number of hydrogen-bond donors (Lipinski definition) is 1. The monoisotopic (exact) mass is 218 g/mol. The highest BCUT2D eigenvalue weighted by atomic mass is 15.1. The molecule has 0 aliphatic heterocycles. The van der Waals surface area contributed by atoms with Crippen LogP contribution in [0.1, 0.15) is 26.1 Å². The Morgan fingerprint density at radius 2 is 2.25 bits per heavy atom. The fourth-order valence-electron chi connectivity index (χ4n) is 1.87. The molecular weight excluding hydrogens is 200 g/mol. The molecule has 1 unspecified atom stereocenters. The zero-order valence-electron chi connectivity index (χ0n) is 9.85. The van der Waals surface area contributed by atoms with Crippen LogP contribution in [0.3, 0.4) is 0 Å². The van der Waals surface area contributed by atoms with E-state index in [0.29, 0.717) is 0 Å². The molecule has 4 nitrogen and oxygen atoms in total. The van der Waals surface area contributed by atoms with Crippen molar-refractivity contribution in [1.82, 2.24) is 14.5 Å². The van der Waals surface area contributed by atoms with Crippen molar-refractivity contribution in [1.29, 1.82) is 0 Å². The van der Waals surface area contributed by atoms with Crippen LogP contribution in [-0.4, -0.2) is 20.6 Å². The lowest BCUT2D eigenvalue weighted by Crippen LogP contribution is -2.23. The smallest absolute Gasteiger partial charge is 0.159 e. The SMILES string of the molecule is CCC(N)Cc1nc2cccnc2n1CC. The maximum atomic E-state index is 5.98. The van der Waals surface area contributed by atoms with Crippen LogP contribution in [-0.2, 0) is 13.0 Å². The Morgan fingerprint density at radius 1 is 1.44 bits per heavy atom. The van der Waals surface area contributed by atoms with Crippen molar-refractivity contribution in [3.63, 3.8) is 0 Å². The minimum atomic E-state index is 0.183. The number of nitrogens with two attached hydrogens (primary N) is 1. The Kier molecular flexibility index (Phi) is 3.19. The van der Waals surface area contributed by atoms with Crippen LogP contribution >= 0.6 is 0 Å². The maximum Gasteiger partial charge on any atom is 0.159 e. The van der Waals surface area contributed by atoms with Gasteiger partial charge in [-0.1, -0.05) is 6.92 Å². The van der Waals surface area contributed by atoms with Crippen LogP contribution in [0.2, 0.25) is 0 Å². The molecule has 0 aliphatic rings. The van der Waals surface area contributed by atoms with E-state index in [1.807, 2.05) is 12.1 Å². The predicted molar refractivity (Wildman–Crippen MR) is 65.2 cm³/mol. The van der Waals surface area contributed by atoms with Gasteiger partial charge in [0, 0.05) is 25.2 Å². The van der Waals surface area contributed by atoms with Gasteiger partial charge in [0.15, 0.2) is 5.65 Å². The number of aromatic nitrogens is 3. The summed E-state index contributed by atoms with van der Waals surface area (Å²) in [6, 6.07) is 4.09. The Labute approximate surface area is 95.5 Å². The second kappa shape index (κ2) is 4.61. The first-order valence-electron chi connectivity index (χ1n) is 5.82. The van der Waals surface area contributed by atoms with Crippen LogP contribution in [0.15, 0.2) is 18.3 Å². The highest BCUT2D eigenvalue weighted by molar-refractivity contribution is 5.71. The molecule has 0 saturated carbocycles. The highest BCUT2D eigenvalue weighted by Crippen LogP contribution is 2.14. The van der Waals surface area contributed by atoms with Gasteiger partial charge >= 0.3 is 0 Å². The first-order valence-corrected chi connectivity index (χ1v) is 5.82. The Morgan fingerprint density at radius 3 is 2.94 bits per heavy atom. The van der Waals surface area contributed by atoms with Crippen molar-refractivity contribution in [2.45, 2.75) is 39.3 Å². The van der Waals surface area contributed by atoms with Crippen molar-refractivity contribution in [3.05, 3.63) is 24.2 Å². The van der Waals surface area contributed by atoms with E-state index in [2.05, 4.69) is 28.4 Å². The molecular formula is C12H18N4. The largest absolute Gasteiger partial charge is 0.327 e. The summed E-state index contributed by atoms with van der Waals surface area (Å²) in [6.07, 6.45) is 3.60. The highest BCUT2D eigenvalue weighted by Gasteiger charge is 2.12. The number of hydrogen-bond acceptors (Lipinski definition) is 3. The van der Waals surface area contributed by atoms with Crippen molar-refractivity contribution in [3.8, 4) is 0 Å². The van der Waals surface area contributed by atoms with Crippen molar-refractivity contribution in [2.24, 2.45) is 5.73 Å². The van der Waals surface area contributed by atoms with Gasteiger partial charge < -0.3 is 10.3 Å². The van der Waals surface area contributed by atoms with E-state index in [1.54, 1.807) is 6.20 Å². The lowest BCUT2D eigenvalue weighted by Gasteiger charge is -2.09. The summed E-state index contributed by atoms with van der Waals surface area (Å²) in [4.78, 5) is 8.96. The lowest BCUT2D eigenvalue weighted by atomic mass is 10.1. The number of pyridine rings is 1. The number of fused-ring (bicyclic) bond motifs is 1. The summed E-state index contributed by atoms with van der Waals surface area (Å²) in [6.45, 7) is 5.10. The summed E-state index contributed by atoms with van der Waals surface area (Å²) >= 11 is 0. The molecule has 0 saturated heterocycles. The van der Waals surface area contributed by atoms with Crippen LogP contribution in [0, 0.1) is 0 Å². The minimum absolute atomic E-state index is 0.183. The van der Waals surface area contributed by atoms with E-state index in [9.17, 15) is 0 Å². The van der Waals surface area contributed by atoms with Gasteiger partial charge in [0.2, 0.25) is 0 Å². The second-order valence-electron chi connectivity index (χ2n) is 3.99. The third kappa shape index (κ3) is 1.93. The molecule has 2 rings (SSSR count). The average Bonchev–Trinajstić information content (AvgIpc) is 2.65. The molecule has 2 aromatic heterocycles. The van der Waals surface area contributed by atoms with Crippen LogP contribution in [0.5, 0.6) is 0 Å². The van der Waals surface area contributed by atoms with Gasteiger partial charge in [-0.25, -0.2) is 9.97 Å². The van der Waals surface area contributed by atoms with Crippen LogP contribution in [0.4, 0.5) is 0 Å². The normalized spacial score (nSPS) is 13.2. The molecule has 0 spiro atoms. The summed E-state index contributed by atoms with van der Waals surface area (Å²) in [5.74, 6) is 1.05. The first kappa shape index (κ1) is 11.1. The van der Waals surface area contributed by atoms with Crippen molar-refractivity contribution in [2.75, 3.05) is 0 Å². The summed E-state index contributed by atoms with van der Waals surface area (Å²) in [7, 11) is 0. The van der Waals surface area contributed by atoms with E-state index in [0.717, 1.165) is 36.4 Å². The van der Waals surface area contributed by atoms with E-state index >= 15 is 0 Å². The molecule has 0 amide bonds. The Bertz CT molecular complexity index is 475. The van der Waals surface area contributed by atoms with Gasteiger partial charge in [-0.2, -0.15) is 0 Å². The predicted octanol–water partition coefficient (Wildman–Crippen LogP) is 1.73. The van der Waals surface area contributed by atoms with Crippen molar-refractivity contribution < 1.29 is 0 Å². The zero-order valence-corrected chi connectivity index (χ0v) is 9.85. The minimum Gasteiger partial charge on any atom is -0.327 e. The molecule has 2 N–H and O–H groups in total. The molecule has 0 aromatic carbocycles. The number of rotatable bonds is 4. The van der Waals surface area contributed by atoms with Gasteiger partial charge in [0.1, 0.15) is 11.3 Å².